The van der Waals surface area contributed by atoms with E-state index < -0.39 is 21.0 Å². The fraction of sp³-hybridized carbons (Fsp3) is 0.318. The van der Waals surface area contributed by atoms with E-state index in [2.05, 4.69) is 22.4 Å². The van der Waals surface area contributed by atoms with E-state index in [0.717, 1.165) is 12.8 Å². The van der Waals surface area contributed by atoms with Crippen LogP contribution in [0.3, 0.4) is 0 Å². The highest BCUT2D eigenvalue weighted by atomic mass is 32.2. The van der Waals surface area contributed by atoms with Crippen LogP contribution in [0.25, 0.3) is 11.5 Å². The van der Waals surface area contributed by atoms with Crippen molar-refractivity contribution < 1.29 is 22.4 Å². The first-order valence-corrected chi connectivity index (χ1v) is 11.6. The average molecular weight is 444 g/mol. The van der Waals surface area contributed by atoms with Crippen molar-refractivity contribution in [3.05, 3.63) is 54.1 Å². The highest BCUT2D eigenvalue weighted by Gasteiger charge is 2.20. The van der Waals surface area contributed by atoms with Crippen LogP contribution in [-0.4, -0.2) is 36.4 Å². The third-order valence-corrected chi connectivity index (χ3v) is 6.73. The normalized spacial score (nSPS) is 11.5. The van der Waals surface area contributed by atoms with Gasteiger partial charge >= 0.3 is 6.01 Å². The monoisotopic (exact) mass is 443 g/mol. The molecule has 3 rings (SSSR count). The van der Waals surface area contributed by atoms with E-state index in [4.69, 9.17) is 9.15 Å². The number of carbonyl (C=O) groups is 1. The summed E-state index contributed by atoms with van der Waals surface area (Å²) in [6, 6.07) is 13.0. The van der Waals surface area contributed by atoms with Gasteiger partial charge in [-0.25, -0.2) is 8.42 Å². The zero-order valence-electron chi connectivity index (χ0n) is 17.7. The molecule has 1 amide bonds. The van der Waals surface area contributed by atoms with Gasteiger partial charge in [0.1, 0.15) is 5.75 Å². The molecule has 0 spiro atoms. The third kappa shape index (κ3) is 5.49. The van der Waals surface area contributed by atoms with Gasteiger partial charge in [-0.2, -0.15) is 0 Å². The number of ether oxygens (including phenoxy) is 1. The summed E-state index contributed by atoms with van der Waals surface area (Å²) in [6.45, 7) is 5.92. The summed E-state index contributed by atoms with van der Waals surface area (Å²) < 4.78 is 35.6. The van der Waals surface area contributed by atoms with Crippen molar-refractivity contribution in [2.45, 2.75) is 43.8 Å². The van der Waals surface area contributed by atoms with Crippen molar-refractivity contribution in [2.75, 3.05) is 11.9 Å². The van der Waals surface area contributed by atoms with Crippen LogP contribution in [0.5, 0.6) is 5.75 Å². The van der Waals surface area contributed by atoms with Gasteiger partial charge < -0.3 is 9.15 Å². The van der Waals surface area contributed by atoms with E-state index in [-0.39, 0.29) is 16.8 Å². The molecule has 0 aliphatic carbocycles. The summed E-state index contributed by atoms with van der Waals surface area (Å²) in [5, 5.41) is 9.81. The molecule has 1 N–H and O–H groups in total. The number of nitrogens with zero attached hydrogens (tertiary/aromatic N) is 2. The molecular weight excluding hydrogens is 418 g/mol. The topological polar surface area (TPSA) is 111 Å². The smallest absolute Gasteiger partial charge is 0.322 e. The number of unbranched alkanes of at least 4 members (excludes halogenated alkanes) is 1. The van der Waals surface area contributed by atoms with Crippen molar-refractivity contribution in [1.82, 2.24) is 10.2 Å². The van der Waals surface area contributed by atoms with Crippen molar-refractivity contribution in [1.29, 1.82) is 0 Å². The molecule has 31 heavy (non-hydrogen) atoms. The number of aromatic nitrogens is 2. The minimum absolute atomic E-state index is 0.0591. The molecule has 3 aromatic rings. The second-order valence-electron chi connectivity index (χ2n) is 7.21. The summed E-state index contributed by atoms with van der Waals surface area (Å²) in [7, 11) is -3.36. The Balaban J connectivity index is 1.69. The van der Waals surface area contributed by atoms with E-state index in [1.54, 1.807) is 50.2 Å². The number of hydrogen-bond acceptors (Lipinski definition) is 7. The highest BCUT2D eigenvalue weighted by molar-refractivity contribution is 7.92. The summed E-state index contributed by atoms with van der Waals surface area (Å²) in [6.07, 6.45) is 1.96. The number of nitrogens with one attached hydrogen (secondary N) is 1. The Morgan fingerprint density at radius 3 is 2.55 bits per heavy atom. The van der Waals surface area contributed by atoms with Crippen LogP contribution in [0, 0.1) is 0 Å². The number of amides is 1. The molecule has 164 valence electrons. The Labute approximate surface area is 181 Å². The molecule has 0 fully saturated rings. The third-order valence-electron chi connectivity index (χ3n) is 4.56. The molecule has 0 radical (unpaired) electrons. The summed E-state index contributed by atoms with van der Waals surface area (Å²) in [4.78, 5) is 12.7. The largest absolute Gasteiger partial charge is 0.494 e. The van der Waals surface area contributed by atoms with Gasteiger partial charge in [0, 0.05) is 11.1 Å². The molecule has 0 saturated heterocycles. The molecule has 1 aromatic heterocycles. The summed E-state index contributed by atoms with van der Waals surface area (Å²) in [5.41, 5.74) is 0.944. The fourth-order valence-electron chi connectivity index (χ4n) is 2.68. The van der Waals surface area contributed by atoms with E-state index in [1.165, 1.54) is 12.1 Å². The predicted molar refractivity (Wildman–Crippen MR) is 117 cm³/mol. The lowest BCUT2D eigenvalue weighted by Gasteiger charge is -2.07. The fourth-order valence-corrected chi connectivity index (χ4v) is 3.74. The molecule has 0 aliphatic rings. The van der Waals surface area contributed by atoms with Gasteiger partial charge in [-0.15, -0.1) is 5.10 Å². The Bertz CT molecular complexity index is 1140. The Morgan fingerprint density at radius 1 is 1.13 bits per heavy atom. The standard InChI is InChI=1S/C22H25N3O5S/c1-4-5-13-29-18-8-6-7-17(14-18)20(26)23-22-25-24-21(30-22)16-9-11-19(12-10-16)31(27,28)15(2)3/h6-12,14-15H,4-5,13H2,1-3H3,(H,23,25,26). The van der Waals surface area contributed by atoms with Gasteiger partial charge in [-0.3, -0.25) is 10.1 Å². The average Bonchev–Trinajstić information content (AvgIpc) is 3.22. The molecule has 1 heterocycles. The number of benzene rings is 2. The summed E-state index contributed by atoms with van der Waals surface area (Å²) >= 11 is 0. The van der Waals surface area contributed by atoms with E-state index in [1.807, 2.05) is 0 Å². The first-order chi connectivity index (χ1) is 14.8. The minimum atomic E-state index is -3.36. The lowest BCUT2D eigenvalue weighted by Crippen LogP contribution is -2.13. The van der Waals surface area contributed by atoms with Crippen LogP contribution in [0.15, 0.2) is 57.8 Å². The van der Waals surface area contributed by atoms with Gasteiger partial charge in [0.15, 0.2) is 9.84 Å². The van der Waals surface area contributed by atoms with E-state index in [0.29, 0.717) is 23.5 Å². The van der Waals surface area contributed by atoms with Crippen molar-refractivity contribution in [3.63, 3.8) is 0 Å². The zero-order chi connectivity index (χ0) is 22.4. The van der Waals surface area contributed by atoms with Gasteiger partial charge in [0.25, 0.3) is 5.91 Å². The quantitative estimate of drug-likeness (QED) is 0.489. The maximum Gasteiger partial charge on any atom is 0.322 e. The van der Waals surface area contributed by atoms with Crippen LogP contribution in [0.1, 0.15) is 44.0 Å². The molecule has 9 heteroatoms. The second-order valence-corrected chi connectivity index (χ2v) is 9.72. The molecular formula is C22H25N3O5S. The van der Waals surface area contributed by atoms with Gasteiger partial charge in [-0.1, -0.05) is 24.5 Å². The number of anilines is 1. The first-order valence-electron chi connectivity index (χ1n) is 10.0. The van der Waals surface area contributed by atoms with Crippen molar-refractivity contribution in [3.8, 4) is 17.2 Å². The van der Waals surface area contributed by atoms with Crippen LogP contribution in [0.4, 0.5) is 6.01 Å². The van der Waals surface area contributed by atoms with Crippen LogP contribution >= 0.6 is 0 Å². The Kier molecular flexibility index (Phi) is 7.06. The number of rotatable bonds is 9. The van der Waals surface area contributed by atoms with Gasteiger partial charge in [-0.05, 0) is 62.7 Å². The Morgan fingerprint density at radius 2 is 1.87 bits per heavy atom. The second kappa shape index (κ2) is 9.74. The minimum Gasteiger partial charge on any atom is -0.494 e. The maximum atomic E-state index is 12.5. The first kappa shape index (κ1) is 22.5. The van der Waals surface area contributed by atoms with E-state index >= 15 is 0 Å². The van der Waals surface area contributed by atoms with Gasteiger partial charge in [0.05, 0.1) is 16.8 Å². The SMILES string of the molecule is CCCCOc1cccc(C(=O)Nc2nnc(-c3ccc(S(=O)(=O)C(C)C)cc3)o2)c1. The molecule has 0 aliphatic heterocycles. The molecule has 8 nitrogen and oxygen atoms in total. The number of hydrogen-bond donors (Lipinski definition) is 1. The molecule has 0 saturated carbocycles. The summed E-state index contributed by atoms with van der Waals surface area (Å²) in [5.74, 6) is 0.374. The lowest BCUT2D eigenvalue weighted by atomic mass is 10.2. The van der Waals surface area contributed by atoms with Crippen molar-refractivity contribution >= 4 is 21.8 Å². The molecule has 0 unspecified atom stereocenters. The van der Waals surface area contributed by atoms with Crippen molar-refractivity contribution in [2.24, 2.45) is 0 Å². The predicted octanol–water partition coefficient (Wildman–Crippen LogP) is 4.35. The van der Waals surface area contributed by atoms with Crippen LogP contribution in [-0.2, 0) is 9.84 Å². The lowest BCUT2D eigenvalue weighted by molar-refractivity contribution is 0.102. The maximum absolute atomic E-state index is 12.5. The number of carbonyl (C=O) groups excluding carboxylic acids is 1. The number of sulfone groups is 1. The highest BCUT2D eigenvalue weighted by Crippen LogP contribution is 2.24. The van der Waals surface area contributed by atoms with Crippen LogP contribution in [0.2, 0.25) is 0 Å². The van der Waals surface area contributed by atoms with Gasteiger partial charge in [0.2, 0.25) is 5.89 Å². The van der Waals surface area contributed by atoms with Crippen LogP contribution < -0.4 is 10.1 Å². The Hall–Kier alpha value is -3.20. The zero-order valence-corrected chi connectivity index (χ0v) is 18.5. The molecule has 2 aromatic carbocycles. The van der Waals surface area contributed by atoms with E-state index in [9.17, 15) is 13.2 Å². The molecule has 0 bridgehead atoms. The molecule has 0 atom stereocenters.